The van der Waals surface area contributed by atoms with E-state index in [1.165, 1.54) is 12.4 Å². The maximum Gasteiger partial charge on any atom is 0.163 e. The van der Waals surface area contributed by atoms with Gasteiger partial charge in [0, 0.05) is 11.5 Å². The molecule has 0 bridgehead atoms. The van der Waals surface area contributed by atoms with Gasteiger partial charge in [-0.05, 0) is 32.0 Å². The quantitative estimate of drug-likeness (QED) is 0.731. The monoisotopic (exact) mass is 326 g/mol. The Hall–Kier alpha value is -2.89. The van der Waals surface area contributed by atoms with Gasteiger partial charge in [0.15, 0.2) is 11.5 Å². The molecule has 5 nitrogen and oxygen atoms in total. The van der Waals surface area contributed by atoms with Gasteiger partial charge >= 0.3 is 0 Å². The van der Waals surface area contributed by atoms with Crippen molar-refractivity contribution < 1.29 is 13.9 Å². The Morgan fingerprint density at radius 1 is 1.00 bits per heavy atom. The minimum Gasteiger partial charge on any atom is -0.490 e. The first-order chi connectivity index (χ1) is 11.7. The maximum absolute atomic E-state index is 13.9. The second-order valence-corrected chi connectivity index (χ2v) is 5.01. The van der Waals surface area contributed by atoms with Gasteiger partial charge in [-0.15, -0.1) is 0 Å². The average Bonchev–Trinajstić information content (AvgIpc) is 2.58. The molecule has 0 aliphatic carbocycles. The van der Waals surface area contributed by atoms with E-state index in [9.17, 15) is 4.39 Å². The summed E-state index contributed by atoms with van der Waals surface area (Å²) in [6, 6.07) is 10.1. The van der Waals surface area contributed by atoms with E-state index in [1.54, 1.807) is 24.3 Å². The van der Waals surface area contributed by atoms with Crippen LogP contribution in [0.1, 0.15) is 13.8 Å². The van der Waals surface area contributed by atoms with E-state index in [2.05, 4.69) is 15.3 Å². The number of rotatable bonds is 6. The van der Waals surface area contributed by atoms with Crippen LogP contribution in [-0.4, -0.2) is 23.2 Å². The lowest BCUT2D eigenvalue weighted by Gasteiger charge is -2.14. The number of para-hydroxylation sites is 1. The van der Waals surface area contributed by atoms with Crippen LogP contribution in [0, 0.1) is 5.82 Å². The molecule has 0 atom stereocenters. The largest absolute Gasteiger partial charge is 0.490 e. The van der Waals surface area contributed by atoms with Crippen LogP contribution >= 0.6 is 0 Å². The topological polar surface area (TPSA) is 56.3 Å². The molecule has 1 heterocycles. The van der Waals surface area contributed by atoms with Crippen LogP contribution in [0.5, 0.6) is 11.5 Å². The van der Waals surface area contributed by atoms with Gasteiger partial charge in [-0.25, -0.2) is 14.4 Å². The summed E-state index contributed by atoms with van der Waals surface area (Å²) < 4.78 is 25.1. The van der Waals surface area contributed by atoms with Gasteiger partial charge in [-0.2, -0.15) is 0 Å². The second kappa shape index (κ2) is 7.12. The maximum atomic E-state index is 13.9. The van der Waals surface area contributed by atoms with E-state index in [1.807, 2.05) is 19.9 Å². The zero-order chi connectivity index (χ0) is 16.9. The summed E-state index contributed by atoms with van der Waals surface area (Å²) in [5.41, 5.74) is 1.04. The predicted molar refractivity (Wildman–Crippen MR) is 91.6 cm³/mol. The summed E-state index contributed by atoms with van der Waals surface area (Å²) in [6.45, 7) is 4.84. The molecule has 0 saturated carbocycles. The molecule has 124 valence electrons. The third-order valence-electron chi connectivity index (χ3n) is 3.43. The summed E-state index contributed by atoms with van der Waals surface area (Å²) in [5.74, 6) is 1.40. The number of hydrogen-bond donors (Lipinski definition) is 1. The number of aromatic nitrogens is 2. The van der Waals surface area contributed by atoms with Crippen LogP contribution in [0.2, 0.25) is 0 Å². The summed E-state index contributed by atoms with van der Waals surface area (Å²) in [4.78, 5) is 8.50. The molecule has 0 fully saturated rings. The van der Waals surface area contributed by atoms with Crippen molar-refractivity contribution in [2.75, 3.05) is 18.5 Å². The van der Waals surface area contributed by atoms with E-state index in [0.717, 1.165) is 5.39 Å². The lowest BCUT2D eigenvalue weighted by molar-refractivity contribution is 0.288. The van der Waals surface area contributed by atoms with Gasteiger partial charge in [-0.1, -0.05) is 12.1 Å². The highest BCUT2D eigenvalue weighted by molar-refractivity contribution is 5.93. The Morgan fingerprint density at radius 2 is 1.71 bits per heavy atom. The van der Waals surface area contributed by atoms with E-state index < -0.39 is 0 Å². The van der Waals surface area contributed by atoms with Crippen molar-refractivity contribution in [2.24, 2.45) is 0 Å². The molecule has 0 amide bonds. The fourth-order valence-electron chi connectivity index (χ4n) is 2.39. The highest BCUT2D eigenvalue weighted by Gasteiger charge is 2.12. The molecular formula is C18H18FN3O2. The number of benzene rings is 2. The van der Waals surface area contributed by atoms with Crippen molar-refractivity contribution in [2.45, 2.75) is 13.8 Å². The molecule has 0 radical (unpaired) electrons. The molecule has 0 saturated heterocycles. The lowest BCUT2D eigenvalue weighted by Crippen LogP contribution is -2.01. The normalized spacial score (nSPS) is 10.6. The zero-order valence-corrected chi connectivity index (χ0v) is 13.5. The zero-order valence-electron chi connectivity index (χ0n) is 13.5. The number of nitrogens with zero attached hydrogens (tertiary/aromatic N) is 2. The van der Waals surface area contributed by atoms with E-state index >= 15 is 0 Å². The van der Waals surface area contributed by atoms with Crippen LogP contribution in [0.3, 0.4) is 0 Å². The predicted octanol–water partition coefficient (Wildman–Crippen LogP) is 4.31. The molecule has 3 aromatic rings. The smallest absolute Gasteiger partial charge is 0.163 e. The minimum atomic E-state index is -0.347. The van der Waals surface area contributed by atoms with E-state index in [-0.39, 0.29) is 5.82 Å². The molecule has 6 heteroatoms. The summed E-state index contributed by atoms with van der Waals surface area (Å²) >= 11 is 0. The van der Waals surface area contributed by atoms with E-state index in [0.29, 0.717) is 41.7 Å². The molecule has 0 spiro atoms. The summed E-state index contributed by atoms with van der Waals surface area (Å²) in [5, 5.41) is 3.74. The first-order valence-electron chi connectivity index (χ1n) is 7.78. The molecule has 24 heavy (non-hydrogen) atoms. The fraction of sp³-hybridized carbons (Fsp3) is 0.222. The average molecular weight is 326 g/mol. The number of nitrogens with one attached hydrogen (secondary N) is 1. The van der Waals surface area contributed by atoms with Crippen molar-refractivity contribution in [3.05, 3.63) is 48.5 Å². The van der Waals surface area contributed by atoms with Gasteiger partial charge in [0.2, 0.25) is 0 Å². The number of ether oxygens (including phenoxy) is 2. The van der Waals surface area contributed by atoms with Gasteiger partial charge in [-0.3, -0.25) is 0 Å². The Balaban J connectivity index is 2.08. The first-order valence-corrected chi connectivity index (χ1v) is 7.78. The van der Waals surface area contributed by atoms with Crippen LogP contribution in [-0.2, 0) is 0 Å². The summed E-state index contributed by atoms with van der Waals surface area (Å²) in [7, 11) is 0. The Morgan fingerprint density at radius 3 is 2.42 bits per heavy atom. The molecule has 1 N–H and O–H groups in total. The highest BCUT2D eigenvalue weighted by Crippen LogP contribution is 2.35. The van der Waals surface area contributed by atoms with Gasteiger partial charge in [0.05, 0.1) is 24.4 Å². The van der Waals surface area contributed by atoms with Gasteiger partial charge in [0.25, 0.3) is 0 Å². The Bertz CT molecular complexity index is 855. The standard InChI is InChI=1S/C18H18FN3O2/c1-3-23-16-9-12-15(10-17(16)24-4-2)20-11-21-18(12)22-14-8-6-5-7-13(14)19/h5-11H,3-4H2,1-2H3,(H,20,21,22)/i19-1. The van der Waals surface area contributed by atoms with Crippen molar-refractivity contribution >= 4 is 22.4 Å². The molecule has 1 aromatic heterocycles. The van der Waals surface area contributed by atoms with Crippen molar-refractivity contribution in [1.29, 1.82) is 0 Å². The third kappa shape index (κ3) is 3.22. The van der Waals surface area contributed by atoms with Crippen molar-refractivity contribution in [1.82, 2.24) is 9.97 Å². The summed E-state index contributed by atoms with van der Waals surface area (Å²) in [6.07, 6.45) is 1.43. The van der Waals surface area contributed by atoms with Crippen molar-refractivity contribution in [3.8, 4) is 11.5 Å². The van der Waals surface area contributed by atoms with Gasteiger partial charge < -0.3 is 14.8 Å². The van der Waals surface area contributed by atoms with Crippen LogP contribution in [0.4, 0.5) is 15.9 Å². The van der Waals surface area contributed by atoms with Crippen LogP contribution < -0.4 is 14.8 Å². The van der Waals surface area contributed by atoms with Crippen molar-refractivity contribution in [3.63, 3.8) is 0 Å². The van der Waals surface area contributed by atoms with Crippen LogP contribution in [0.15, 0.2) is 42.7 Å². The molecule has 0 aliphatic rings. The molecular weight excluding hydrogens is 308 g/mol. The number of fused-ring (bicyclic) bond motifs is 1. The minimum absolute atomic E-state index is 0.347. The molecule has 3 rings (SSSR count). The number of anilines is 2. The highest BCUT2D eigenvalue weighted by atomic mass is 18.2. The molecule has 0 unspecified atom stereocenters. The van der Waals surface area contributed by atoms with Crippen LogP contribution in [0.25, 0.3) is 10.9 Å². The number of halogens is 1. The SMILES string of the molecule is CCOc1cc2ncnc(Nc3ccccc3[18F])c2cc1OCC. The Labute approximate surface area is 139 Å². The number of hydrogen-bond acceptors (Lipinski definition) is 5. The molecule has 0 aliphatic heterocycles. The Kier molecular flexibility index (Phi) is 4.74. The third-order valence-corrected chi connectivity index (χ3v) is 3.43. The fourth-order valence-corrected chi connectivity index (χ4v) is 2.39. The molecule has 2 aromatic carbocycles. The second-order valence-electron chi connectivity index (χ2n) is 5.01. The van der Waals surface area contributed by atoms with Gasteiger partial charge in [0.1, 0.15) is 18.0 Å². The first kappa shape index (κ1) is 16.0. The van der Waals surface area contributed by atoms with E-state index in [4.69, 9.17) is 9.47 Å². The lowest BCUT2D eigenvalue weighted by atomic mass is 10.2.